The summed E-state index contributed by atoms with van der Waals surface area (Å²) in [6, 6.07) is 5.24. The Morgan fingerprint density at radius 2 is 2.33 bits per heavy atom. The van der Waals surface area contributed by atoms with E-state index in [1.165, 1.54) is 0 Å². The Bertz CT molecular complexity index is 389. The van der Waals surface area contributed by atoms with Crippen LogP contribution in [0, 0.1) is 10.1 Å². The molecule has 1 unspecified atom stereocenters. The highest BCUT2D eigenvalue weighted by molar-refractivity contribution is 6.32. The van der Waals surface area contributed by atoms with Gasteiger partial charge in [0.25, 0.3) is 5.69 Å². The van der Waals surface area contributed by atoms with Gasteiger partial charge in [-0.25, -0.2) is 0 Å². The summed E-state index contributed by atoms with van der Waals surface area (Å²) in [4.78, 5) is 10.2. The smallest absolute Gasteiger partial charge is 0.288 e. The van der Waals surface area contributed by atoms with E-state index in [0.29, 0.717) is 0 Å². The van der Waals surface area contributed by atoms with Gasteiger partial charge in [0.15, 0.2) is 0 Å². The topological polar surface area (TPSA) is 55.2 Å². The molecule has 5 heteroatoms. The second-order valence-electron chi connectivity index (χ2n) is 3.62. The molecule has 80 valence electrons. The quantitative estimate of drug-likeness (QED) is 0.623. The first kappa shape index (κ1) is 10.4. The number of nitrogens with zero attached hydrogens (tertiary/aromatic N) is 1. The molecule has 1 aliphatic rings. The highest BCUT2D eigenvalue weighted by Crippen LogP contribution is 2.30. The van der Waals surface area contributed by atoms with Crippen LogP contribution in [0.15, 0.2) is 18.2 Å². The van der Waals surface area contributed by atoms with E-state index in [1.54, 1.807) is 12.1 Å². The van der Waals surface area contributed by atoms with Gasteiger partial charge in [0.1, 0.15) is 5.02 Å². The minimum Gasteiger partial charge on any atom is -0.310 e. The number of nitro groups is 1. The summed E-state index contributed by atoms with van der Waals surface area (Å²) >= 11 is 5.74. The molecule has 0 aromatic heterocycles. The van der Waals surface area contributed by atoms with E-state index in [0.717, 1.165) is 24.9 Å². The summed E-state index contributed by atoms with van der Waals surface area (Å²) in [5.74, 6) is 0. The zero-order valence-electron chi connectivity index (χ0n) is 8.07. The van der Waals surface area contributed by atoms with Gasteiger partial charge in [-0.05, 0) is 31.0 Å². The predicted molar refractivity (Wildman–Crippen MR) is 58.1 cm³/mol. The van der Waals surface area contributed by atoms with Gasteiger partial charge in [-0.3, -0.25) is 10.1 Å². The van der Waals surface area contributed by atoms with Gasteiger partial charge < -0.3 is 5.32 Å². The zero-order chi connectivity index (χ0) is 10.8. The van der Waals surface area contributed by atoms with Crippen molar-refractivity contribution < 1.29 is 4.92 Å². The minimum absolute atomic E-state index is 0.0112. The summed E-state index contributed by atoms with van der Waals surface area (Å²) in [7, 11) is 0. The van der Waals surface area contributed by atoms with Crippen LogP contribution in [-0.4, -0.2) is 11.5 Å². The summed E-state index contributed by atoms with van der Waals surface area (Å²) in [5, 5.41) is 14.2. The van der Waals surface area contributed by atoms with Crippen LogP contribution in [0.4, 0.5) is 5.69 Å². The molecule has 1 N–H and O–H groups in total. The van der Waals surface area contributed by atoms with Crippen LogP contribution in [0.25, 0.3) is 0 Å². The normalized spacial score (nSPS) is 20.5. The number of hydrogen-bond donors (Lipinski definition) is 1. The van der Waals surface area contributed by atoms with Crippen LogP contribution in [0.3, 0.4) is 0 Å². The Hall–Kier alpha value is -1.13. The number of hydrogen-bond acceptors (Lipinski definition) is 3. The third-order valence-corrected chi connectivity index (χ3v) is 2.95. The molecule has 0 bridgehead atoms. The Labute approximate surface area is 92.4 Å². The van der Waals surface area contributed by atoms with E-state index in [9.17, 15) is 10.1 Å². The number of nitrogens with one attached hydrogen (secondary N) is 1. The third-order valence-electron chi connectivity index (χ3n) is 2.63. The maximum atomic E-state index is 10.7. The lowest BCUT2D eigenvalue weighted by molar-refractivity contribution is -0.384. The van der Waals surface area contributed by atoms with Gasteiger partial charge in [-0.2, -0.15) is 0 Å². The Morgan fingerprint density at radius 3 is 2.93 bits per heavy atom. The summed E-state index contributed by atoms with van der Waals surface area (Å²) in [6.45, 7) is 0.973. The van der Waals surface area contributed by atoms with Crippen LogP contribution >= 0.6 is 11.6 Å². The molecular formula is C10H11ClN2O2. The van der Waals surface area contributed by atoms with Crippen molar-refractivity contribution >= 4 is 17.3 Å². The molecule has 1 aliphatic heterocycles. The number of nitro benzene ring substituents is 1. The first-order valence-corrected chi connectivity index (χ1v) is 5.23. The highest BCUT2D eigenvalue weighted by Gasteiger charge is 2.20. The van der Waals surface area contributed by atoms with E-state index in [-0.39, 0.29) is 16.8 Å². The van der Waals surface area contributed by atoms with Gasteiger partial charge in [0, 0.05) is 12.1 Å². The maximum Gasteiger partial charge on any atom is 0.288 e. The summed E-state index contributed by atoms with van der Waals surface area (Å²) in [5.41, 5.74) is 0.937. The summed E-state index contributed by atoms with van der Waals surface area (Å²) < 4.78 is 0. The fraction of sp³-hybridized carbons (Fsp3) is 0.400. The van der Waals surface area contributed by atoms with E-state index in [4.69, 9.17) is 11.6 Å². The molecule has 15 heavy (non-hydrogen) atoms. The van der Waals surface area contributed by atoms with Gasteiger partial charge in [0.2, 0.25) is 0 Å². The second kappa shape index (κ2) is 4.16. The maximum absolute atomic E-state index is 10.7. The van der Waals surface area contributed by atoms with Crippen molar-refractivity contribution in [3.8, 4) is 0 Å². The SMILES string of the molecule is O=[N+]([O-])c1cc(C2CCCN2)ccc1Cl. The second-order valence-corrected chi connectivity index (χ2v) is 4.02. The van der Waals surface area contributed by atoms with Crippen LogP contribution in [0.5, 0.6) is 0 Å². The summed E-state index contributed by atoms with van der Waals surface area (Å²) in [6.07, 6.45) is 2.14. The van der Waals surface area contributed by atoms with Crippen LogP contribution in [0.1, 0.15) is 24.4 Å². The molecule has 0 spiro atoms. The lowest BCUT2D eigenvalue weighted by Gasteiger charge is -2.10. The standard InChI is InChI=1S/C10H11ClN2O2/c11-8-4-3-7(6-10(8)13(14)15)9-2-1-5-12-9/h3-4,6,9,12H,1-2,5H2. The Morgan fingerprint density at radius 1 is 1.53 bits per heavy atom. The molecule has 0 saturated carbocycles. The highest BCUT2D eigenvalue weighted by atomic mass is 35.5. The molecule has 1 aromatic carbocycles. The monoisotopic (exact) mass is 226 g/mol. The van der Waals surface area contributed by atoms with Crippen molar-refractivity contribution in [2.24, 2.45) is 0 Å². The number of rotatable bonds is 2. The van der Waals surface area contributed by atoms with Crippen molar-refractivity contribution in [1.82, 2.24) is 5.32 Å². The molecular weight excluding hydrogens is 216 g/mol. The molecule has 1 aromatic rings. The molecule has 1 atom stereocenters. The van der Waals surface area contributed by atoms with Crippen LogP contribution in [-0.2, 0) is 0 Å². The van der Waals surface area contributed by atoms with Crippen molar-refractivity contribution in [2.75, 3.05) is 6.54 Å². The Kier molecular flexibility index (Phi) is 2.88. The molecule has 0 aliphatic carbocycles. The number of halogens is 1. The minimum atomic E-state index is -0.444. The lowest BCUT2D eigenvalue weighted by atomic mass is 10.0. The van der Waals surface area contributed by atoms with Gasteiger partial charge in [-0.1, -0.05) is 17.7 Å². The van der Waals surface area contributed by atoms with Gasteiger partial charge in [-0.15, -0.1) is 0 Å². The number of benzene rings is 1. The molecule has 2 rings (SSSR count). The van der Waals surface area contributed by atoms with Crippen LogP contribution in [0.2, 0.25) is 5.02 Å². The van der Waals surface area contributed by atoms with E-state index in [2.05, 4.69) is 5.32 Å². The molecule has 0 amide bonds. The van der Waals surface area contributed by atoms with Crippen molar-refractivity contribution in [1.29, 1.82) is 0 Å². The van der Waals surface area contributed by atoms with E-state index >= 15 is 0 Å². The molecule has 1 heterocycles. The van der Waals surface area contributed by atoms with Crippen molar-refractivity contribution in [3.05, 3.63) is 38.9 Å². The predicted octanol–water partition coefficient (Wildman–Crippen LogP) is 2.67. The lowest BCUT2D eigenvalue weighted by Crippen LogP contribution is -2.12. The van der Waals surface area contributed by atoms with Crippen LogP contribution < -0.4 is 5.32 Å². The third kappa shape index (κ3) is 2.11. The first-order valence-electron chi connectivity index (χ1n) is 4.85. The molecule has 0 radical (unpaired) electrons. The Balaban J connectivity index is 2.33. The fourth-order valence-corrected chi connectivity index (χ4v) is 2.04. The zero-order valence-corrected chi connectivity index (χ0v) is 8.83. The van der Waals surface area contributed by atoms with Gasteiger partial charge in [0.05, 0.1) is 4.92 Å². The molecule has 4 nitrogen and oxygen atoms in total. The first-order chi connectivity index (χ1) is 7.18. The van der Waals surface area contributed by atoms with E-state index < -0.39 is 4.92 Å². The van der Waals surface area contributed by atoms with Crippen molar-refractivity contribution in [3.63, 3.8) is 0 Å². The average molecular weight is 227 g/mol. The van der Waals surface area contributed by atoms with E-state index in [1.807, 2.05) is 6.07 Å². The molecule has 1 saturated heterocycles. The molecule has 1 fully saturated rings. The largest absolute Gasteiger partial charge is 0.310 e. The average Bonchev–Trinajstić information content (AvgIpc) is 2.71. The van der Waals surface area contributed by atoms with Gasteiger partial charge >= 0.3 is 0 Å². The fourth-order valence-electron chi connectivity index (χ4n) is 1.86. The van der Waals surface area contributed by atoms with Crippen molar-refractivity contribution in [2.45, 2.75) is 18.9 Å².